The van der Waals surface area contributed by atoms with Crippen LogP contribution in [0, 0.1) is 5.92 Å². The molecule has 0 spiro atoms. The van der Waals surface area contributed by atoms with E-state index in [2.05, 4.69) is 42.6 Å². The minimum absolute atomic E-state index is 0.0110. The maximum atomic E-state index is 12.6. The molecule has 1 saturated carbocycles. The second-order valence-electron chi connectivity index (χ2n) is 8.21. The molecule has 2 aromatic carbocycles. The molecule has 1 aliphatic rings. The average molecular weight is 394 g/mol. The molecule has 0 aliphatic heterocycles. The maximum Gasteiger partial charge on any atom is 0.251 e. The van der Waals surface area contributed by atoms with Gasteiger partial charge in [0, 0.05) is 12.1 Å². The van der Waals surface area contributed by atoms with Gasteiger partial charge < -0.3 is 10.1 Å². The second-order valence-corrected chi connectivity index (χ2v) is 8.21. The van der Waals surface area contributed by atoms with Gasteiger partial charge in [0.25, 0.3) is 5.91 Å². The Morgan fingerprint density at radius 2 is 1.72 bits per heavy atom. The maximum absolute atomic E-state index is 12.6. The Kier molecular flexibility index (Phi) is 8.60. The van der Waals surface area contributed by atoms with Crippen LogP contribution in [0.15, 0.2) is 54.6 Å². The van der Waals surface area contributed by atoms with E-state index in [9.17, 15) is 4.79 Å². The Morgan fingerprint density at radius 3 is 2.48 bits per heavy atom. The van der Waals surface area contributed by atoms with Crippen LogP contribution in [0.5, 0.6) is 5.75 Å². The quantitative estimate of drug-likeness (QED) is 0.478. The first kappa shape index (κ1) is 21.4. The van der Waals surface area contributed by atoms with Crippen LogP contribution in [0.25, 0.3) is 0 Å². The third-order valence-corrected chi connectivity index (χ3v) is 6.04. The summed E-state index contributed by atoms with van der Waals surface area (Å²) in [5.41, 5.74) is 2.11. The largest absolute Gasteiger partial charge is 0.494 e. The molecule has 0 bridgehead atoms. The van der Waals surface area contributed by atoms with Crippen LogP contribution in [0.3, 0.4) is 0 Å². The third-order valence-electron chi connectivity index (χ3n) is 6.04. The Morgan fingerprint density at radius 1 is 0.966 bits per heavy atom. The zero-order chi connectivity index (χ0) is 20.3. The SMILES string of the molecule is CCCCCCOc1ccc(C(=O)NC[C@@H]2CCCC[C@@H]2c2ccccc2)cc1. The van der Waals surface area contributed by atoms with Crippen molar-refractivity contribution in [1.29, 1.82) is 0 Å². The monoisotopic (exact) mass is 393 g/mol. The molecule has 3 nitrogen and oxygen atoms in total. The lowest BCUT2D eigenvalue weighted by molar-refractivity contribution is 0.0941. The lowest BCUT2D eigenvalue weighted by Crippen LogP contribution is -2.33. The first-order valence-corrected chi connectivity index (χ1v) is 11.3. The first-order valence-electron chi connectivity index (χ1n) is 11.3. The van der Waals surface area contributed by atoms with Gasteiger partial charge in [0.05, 0.1) is 6.61 Å². The fourth-order valence-electron chi connectivity index (χ4n) is 4.34. The summed E-state index contributed by atoms with van der Waals surface area (Å²) in [6, 6.07) is 18.3. The number of rotatable bonds is 10. The third kappa shape index (κ3) is 6.62. The molecule has 3 heteroatoms. The number of nitrogens with one attached hydrogen (secondary N) is 1. The van der Waals surface area contributed by atoms with Gasteiger partial charge in [-0.25, -0.2) is 0 Å². The highest BCUT2D eigenvalue weighted by molar-refractivity contribution is 5.94. The van der Waals surface area contributed by atoms with Crippen LogP contribution in [-0.4, -0.2) is 19.1 Å². The highest BCUT2D eigenvalue weighted by Gasteiger charge is 2.26. The predicted octanol–water partition coefficient (Wildman–Crippen LogP) is 6.35. The summed E-state index contributed by atoms with van der Waals surface area (Å²) in [4.78, 5) is 12.6. The van der Waals surface area contributed by atoms with E-state index in [1.165, 1.54) is 50.5 Å². The lowest BCUT2D eigenvalue weighted by Gasteiger charge is -2.32. The van der Waals surface area contributed by atoms with Gasteiger partial charge in [0.2, 0.25) is 0 Å². The van der Waals surface area contributed by atoms with Crippen molar-refractivity contribution in [2.24, 2.45) is 5.92 Å². The van der Waals surface area contributed by atoms with E-state index in [1.54, 1.807) is 0 Å². The van der Waals surface area contributed by atoms with Gasteiger partial charge in [-0.05, 0) is 60.9 Å². The topological polar surface area (TPSA) is 38.3 Å². The Labute approximate surface area is 175 Å². The van der Waals surface area contributed by atoms with E-state index < -0.39 is 0 Å². The van der Waals surface area contributed by atoms with Crippen molar-refractivity contribution in [3.05, 3.63) is 65.7 Å². The van der Waals surface area contributed by atoms with E-state index in [4.69, 9.17) is 4.74 Å². The molecule has 156 valence electrons. The van der Waals surface area contributed by atoms with Gasteiger partial charge in [-0.3, -0.25) is 4.79 Å². The molecular weight excluding hydrogens is 358 g/mol. The van der Waals surface area contributed by atoms with Gasteiger partial charge in [-0.15, -0.1) is 0 Å². The van der Waals surface area contributed by atoms with Crippen molar-refractivity contribution >= 4 is 5.91 Å². The molecule has 0 aromatic heterocycles. The smallest absolute Gasteiger partial charge is 0.251 e. The Bertz CT molecular complexity index is 726. The van der Waals surface area contributed by atoms with E-state index in [1.807, 2.05) is 24.3 Å². The molecule has 1 amide bonds. The average Bonchev–Trinajstić information content (AvgIpc) is 2.78. The molecule has 1 N–H and O–H groups in total. The van der Waals surface area contributed by atoms with Crippen molar-refractivity contribution in [3.8, 4) is 5.75 Å². The summed E-state index contributed by atoms with van der Waals surface area (Å²) < 4.78 is 5.77. The Hall–Kier alpha value is -2.29. The normalized spacial score (nSPS) is 18.9. The number of carbonyl (C=O) groups is 1. The number of amides is 1. The minimum Gasteiger partial charge on any atom is -0.494 e. The summed E-state index contributed by atoms with van der Waals surface area (Å²) in [6.45, 7) is 3.70. The fraction of sp³-hybridized carbons (Fsp3) is 0.500. The number of unbranched alkanes of at least 4 members (excludes halogenated alkanes) is 3. The molecule has 0 unspecified atom stereocenters. The van der Waals surface area contributed by atoms with Crippen LogP contribution in [0.4, 0.5) is 0 Å². The highest BCUT2D eigenvalue weighted by Crippen LogP contribution is 2.37. The van der Waals surface area contributed by atoms with Gasteiger partial charge in [-0.2, -0.15) is 0 Å². The zero-order valence-electron chi connectivity index (χ0n) is 17.7. The highest BCUT2D eigenvalue weighted by atomic mass is 16.5. The lowest BCUT2D eigenvalue weighted by atomic mass is 9.75. The second kappa shape index (κ2) is 11.6. The summed E-state index contributed by atoms with van der Waals surface area (Å²) in [5, 5.41) is 3.17. The molecule has 2 aromatic rings. The van der Waals surface area contributed by atoms with Gasteiger partial charge >= 0.3 is 0 Å². The molecule has 1 fully saturated rings. The number of ether oxygens (including phenoxy) is 1. The van der Waals surface area contributed by atoms with Crippen LogP contribution in [0.1, 0.15) is 80.1 Å². The summed E-state index contributed by atoms with van der Waals surface area (Å²) in [6.07, 6.45) is 9.73. The van der Waals surface area contributed by atoms with Crippen molar-refractivity contribution in [2.45, 2.75) is 64.2 Å². The van der Waals surface area contributed by atoms with Crippen LogP contribution < -0.4 is 10.1 Å². The van der Waals surface area contributed by atoms with Crippen molar-refractivity contribution < 1.29 is 9.53 Å². The summed E-state index contributed by atoms with van der Waals surface area (Å²) in [5.74, 6) is 1.92. The van der Waals surface area contributed by atoms with E-state index in [0.717, 1.165) is 25.3 Å². The van der Waals surface area contributed by atoms with Gasteiger partial charge in [0.1, 0.15) is 5.75 Å². The molecule has 0 saturated heterocycles. The minimum atomic E-state index is 0.0110. The number of carbonyl (C=O) groups excluding carboxylic acids is 1. The first-order chi connectivity index (χ1) is 14.3. The molecule has 0 heterocycles. The molecular formula is C26H35NO2. The number of benzene rings is 2. The Balaban J connectivity index is 1.48. The fourth-order valence-corrected chi connectivity index (χ4v) is 4.34. The van der Waals surface area contributed by atoms with Crippen molar-refractivity contribution in [1.82, 2.24) is 5.32 Å². The van der Waals surface area contributed by atoms with E-state index in [0.29, 0.717) is 17.4 Å². The van der Waals surface area contributed by atoms with Crippen LogP contribution >= 0.6 is 0 Å². The van der Waals surface area contributed by atoms with E-state index >= 15 is 0 Å². The zero-order valence-corrected chi connectivity index (χ0v) is 17.7. The van der Waals surface area contributed by atoms with Gasteiger partial charge in [-0.1, -0.05) is 69.4 Å². The summed E-state index contributed by atoms with van der Waals surface area (Å²) in [7, 11) is 0. The molecule has 1 aliphatic carbocycles. The standard InChI is InChI=1S/C26H35NO2/c1-2-3-4-10-19-29-24-17-15-22(16-18-24)26(28)27-20-23-13-8-9-14-25(23)21-11-6-5-7-12-21/h5-7,11-12,15-18,23,25H,2-4,8-10,13-14,19-20H2,1H3,(H,27,28)/t23-,25+/m0/s1. The molecule has 2 atom stereocenters. The number of hydrogen-bond acceptors (Lipinski definition) is 2. The molecule has 0 radical (unpaired) electrons. The van der Waals surface area contributed by atoms with Crippen LogP contribution in [0.2, 0.25) is 0 Å². The molecule has 3 rings (SSSR count). The predicted molar refractivity (Wildman–Crippen MR) is 120 cm³/mol. The summed E-state index contributed by atoms with van der Waals surface area (Å²) >= 11 is 0. The molecule has 29 heavy (non-hydrogen) atoms. The van der Waals surface area contributed by atoms with Crippen LogP contribution in [-0.2, 0) is 0 Å². The van der Waals surface area contributed by atoms with Crippen molar-refractivity contribution in [2.75, 3.05) is 13.2 Å². The van der Waals surface area contributed by atoms with E-state index in [-0.39, 0.29) is 5.91 Å². The van der Waals surface area contributed by atoms with Gasteiger partial charge in [0.15, 0.2) is 0 Å². The van der Waals surface area contributed by atoms with Crippen molar-refractivity contribution in [3.63, 3.8) is 0 Å². The number of hydrogen-bond donors (Lipinski definition) is 1.